The number of hydrogen-bond acceptors (Lipinski definition) is 4. The van der Waals surface area contributed by atoms with Gasteiger partial charge in [0, 0.05) is 11.9 Å². The first-order valence-corrected chi connectivity index (χ1v) is 5.67. The molecule has 0 saturated carbocycles. The molecule has 0 aliphatic heterocycles. The maximum Gasteiger partial charge on any atom is 0.339 e. The molecule has 2 heterocycles. The Hall–Kier alpha value is -2.76. The number of aryl methyl sites for hydroxylation is 1. The Morgan fingerprint density at radius 1 is 1.32 bits per heavy atom. The zero-order valence-electron chi connectivity index (χ0n) is 10.1. The first kappa shape index (κ1) is 11.3. The molecule has 0 aliphatic rings. The van der Waals surface area contributed by atoms with Crippen molar-refractivity contribution in [2.75, 3.05) is 0 Å². The van der Waals surface area contributed by atoms with Gasteiger partial charge in [-0.3, -0.25) is 4.98 Å². The van der Waals surface area contributed by atoms with Gasteiger partial charge in [-0.05, 0) is 25.1 Å². The Kier molecular flexibility index (Phi) is 2.49. The lowest BCUT2D eigenvalue weighted by Gasteiger charge is -2.07. The van der Waals surface area contributed by atoms with E-state index >= 15 is 0 Å². The van der Waals surface area contributed by atoms with Gasteiger partial charge in [-0.2, -0.15) is 0 Å². The van der Waals surface area contributed by atoms with Gasteiger partial charge in [0.15, 0.2) is 0 Å². The van der Waals surface area contributed by atoms with Crippen LogP contribution in [-0.4, -0.2) is 31.1 Å². The van der Waals surface area contributed by atoms with Crippen LogP contribution >= 0.6 is 0 Å². The van der Waals surface area contributed by atoms with Crippen LogP contribution in [0.3, 0.4) is 0 Å². The standard InChI is InChI=1S/C13H10N4O2/c1-8-6-12(9(7-14-8)13(18)19)17-11-5-3-2-4-10(11)15-16-17/h2-7H,1H3,(H,18,19). The summed E-state index contributed by atoms with van der Waals surface area (Å²) in [5.74, 6) is -1.04. The van der Waals surface area contributed by atoms with Crippen LogP contribution < -0.4 is 0 Å². The first-order chi connectivity index (χ1) is 9.16. The molecule has 0 saturated heterocycles. The zero-order valence-corrected chi connectivity index (χ0v) is 10.1. The highest BCUT2D eigenvalue weighted by Gasteiger charge is 2.15. The molecule has 3 rings (SSSR count). The molecule has 6 nitrogen and oxygen atoms in total. The molecule has 0 unspecified atom stereocenters. The van der Waals surface area contributed by atoms with E-state index in [-0.39, 0.29) is 5.56 Å². The van der Waals surface area contributed by atoms with Gasteiger partial charge < -0.3 is 5.11 Å². The van der Waals surface area contributed by atoms with Crippen LogP contribution in [0.15, 0.2) is 36.5 Å². The average Bonchev–Trinajstić information content (AvgIpc) is 2.82. The number of fused-ring (bicyclic) bond motifs is 1. The van der Waals surface area contributed by atoms with Crippen LogP contribution in [0, 0.1) is 6.92 Å². The molecule has 0 radical (unpaired) electrons. The van der Waals surface area contributed by atoms with Crippen molar-refractivity contribution in [2.45, 2.75) is 6.92 Å². The summed E-state index contributed by atoms with van der Waals surface area (Å²) in [7, 11) is 0. The largest absolute Gasteiger partial charge is 0.478 e. The summed E-state index contributed by atoms with van der Waals surface area (Å²) in [6.45, 7) is 1.80. The predicted octanol–water partition coefficient (Wildman–Crippen LogP) is 1.82. The number of carboxylic acids is 1. The molecular formula is C13H10N4O2. The summed E-state index contributed by atoms with van der Waals surface area (Å²) in [6.07, 6.45) is 1.34. The number of aromatic carboxylic acids is 1. The minimum Gasteiger partial charge on any atom is -0.478 e. The lowest BCUT2D eigenvalue weighted by Crippen LogP contribution is -2.08. The summed E-state index contributed by atoms with van der Waals surface area (Å²) < 4.78 is 1.52. The molecule has 2 aromatic heterocycles. The quantitative estimate of drug-likeness (QED) is 0.754. The average molecular weight is 254 g/mol. The third kappa shape index (κ3) is 1.83. The van der Waals surface area contributed by atoms with Crippen molar-refractivity contribution >= 4 is 17.0 Å². The Morgan fingerprint density at radius 2 is 2.11 bits per heavy atom. The monoisotopic (exact) mass is 254 g/mol. The highest BCUT2D eigenvalue weighted by atomic mass is 16.4. The summed E-state index contributed by atoms with van der Waals surface area (Å²) in [5.41, 5.74) is 2.76. The molecule has 6 heteroatoms. The lowest BCUT2D eigenvalue weighted by molar-refractivity contribution is 0.0696. The summed E-state index contributed by atoms with van der Waals surface area (Å²) in [4.78, 5) is 15.3. The normalized spacial score (nSPS) is 10.8. The number of pyridine rings is 1. The third-order valence-electron chi connectivity index (χ3n) is 2.83. The van der Waals surface area contributed by atoms with Gasteiger partial charge in [0.2, 0.25) is 0 Å². The molecule has 19 heavy (non-hydrogen) atoms. The van der Waals surface area contributed by atoms with Crippen LogP contribution in [-0.2, 0) is 0 Å². The zero-order chi connectivity index (χ0) is 13.4. The van der Waals surface area contributed by atoms with Crippen molar-refractivity contribution in [1.29, 1.82) is 0 Å². The van der Waals surface area contributed by atoms with Crippen molar-refractivity contribution in [1.82, 2.24) is 20.0 Å². The summed E-state index contributed by atoms with van der Waals surface area (Å²) >= 11 is 0. The second-order valence-corrected chi connectivity index (χ2v) is 4.14. The van der Waals surface area contributed by atoms with Crippen LogP contribution in [0.4, 0.5) is 0 Å². The van der Waals surface area contributed by atoms with Crippen LogP contribution in [0.5, 0.6) is 0 Å². The highest BCUT2D eigenvalue weighted by molar-refractivity contribution is 5.92. The second kappa shape index (κ2) is 4.16. The summed E-state index contributed by atoms with van der Waals surface area (Å²) in [6, 6.07) is 9.07. The second-order valence-electron chi connectivity index (χ2n) is 4.14. The van der Waals surface area contributed by atoms with E-state index in [9.17, 15) is 9.90 Å². The smallest absolute Gasteiger partial charge is 0.339 e. The fourth-order valence-corrected chi connectivity index (χ4v) is 1.93. The number of rotatable bonds is 2. The first-order valence-electron chi connectivity index (χ1n) is 5.67. The summed E-state index contributed by atoms with van der Waals surface area (Å²) in [5, 5.41) is 17.3. The number of para-hydroxylation sites is 1. The van der Waals surface area contributed by atoms with Crippen LogP contribution in [0.2, 0.25) is 0 Å². The van der Waals surface area contributed by atoms with Gasteiger partial charge in [0.05, 0.1) is 11.2 Å². The van der Waals surface area contributed by atoms with Gasteiger partial charge in [-0.1, -0.05) is 17.3 Å². The molecule has 1 N–H and O–H groups in total. The maximum atomic E-state index is 11.3. The molecule has 0 spiro atoms. The molecule has 94 valence electrons. The van der Waals surface area contributed by atoms with E-state index in [0.29, 0.717) is 11.2 Å². The number of aromatic nitrogens is 4. The number of carboxylic acid groups (broad SMARTS) is 1. The van der Waals surface area contributed by atoms with Crippen LogP contribution in [0.25, 0.3) is 16.7 Å². The Bertz CT molecular complexity index is 779. The molecule has 0 aliphatic carbocycles. The fraction of sp³-hybridized carbons (Fsp3) is 0.0769. The minimum atomic E-state index is -1.04. The van der Waals surface area contributed by atoms with Gasteiger partial charge in [0.25, 0.3) is 0 Å². The molecule has 0 fully saturated rings. The van der Waals surface area contributed by atoms with E-state index in [2.05, 4.69) is 15.3 Å². The Morgan fingerprint density at radius 3 is 2.89 bits per heavy atom. The topological polar surface area (TPSA) is 80.9 Å². The van der Waals surface area contributed by atoms with Crippen molar-refractivity contribution in [3.8, 4) is 5.69 Å². The third-order valence-corrected chi connectivity index (χ3v) is 2.83. The number of hydrogen-bond donors (Lipinski definition) is 1. The van der Waals surface area contributed by atoms with Crippen LogP contribution in [0.1, 0.15) is 16.1 Å². The van der Waals surface area contributed by atoms with E-state index < -0.39 is 5.97 Å². The van der Waals surface area contributed by atoms with Gasteiger partial charge in [0.1, 0.15) is 11.1 Å². The molecule has 3 aromatic rings. The number of benzene rings is 1. The molecular weight excluding hydrogens is 244 g/mol. The molecule has 0 bridgehead atoms. The SMILES string of the molecule is Cc1cc(-n2nnc3ccccc32)c(C(=O)O)cn1. The predicted molar refractivity (Wildman–Crippen MR) is 68.4 cm³/mol. The van der Waals surface area contributed by atoms with E-state index in [1.807, 2.05) is 24.3 Å². The van der Waals surface area contributed by atoms with Gasteiger partial charge >= 0.3 is 5.97 Å². The van der Waals surface area contributed by atoms with E-state index in [0.717, 1.165) is 11.2 Å². The van der Waals surface area contributed by atoms with Crippen molar-refractivity contribution in [3.05, 3.63) is 47.8 Å². The lowest BCUT2D eigenvalue weighted by atomic mass is 10.2. The number of carbonyl (C=O) groups is 1. The van der Waals surface area contributed by atoms with Crippen molar-refractivity contribution in [3.63, 3.8) is 0 Å². The highest BCUT2D eigenvalue weighted by Crippen LogP contribution is 2.19. The Labute approximate surface area is 108 Å². The minimum absolute atomic E-state index is 0.0984. The molecule has 0 atom stereocenters. The van der Waals surface area contributed by atoms with E-state index in [4.69, 9.17) is 0 Å². The molecule has 1 aromatic carbocycles. The van der Waals surface area contributed by atoms with E-state index in [1.165, 1.54) is 10.9 Å². The van der Waals surface area contributed by atoms with Crippen molar-refractivity contribution < 1.29 is 9.90 Å². The molecule has 0 amide bonds. The van der Waals surface area contributed by atoms with Crippen molar-refractivity contribution in [2.24, 2.45) is 0 Å². The fourth-order valence-electron chi connectivity index (χ4n) is 1.93. The van der Waals surface area contributed by atoms with Gasteiger partial charge in [-0.25, -0.2) is 9.48 Å². The van der Waals surface area contributed by atoms with E-state index in [1.54, 1.807) is 13.0 Å². The maximum absolute atomic E-state index is 11.3. The number of nitrogens with zero attached hydrogens (tertiary/aromatic N) is 4. The Balaban J connectivity index is 2.32. The van der Waals surface area contributed by atoms with Gasteiger partial charge in [-0.15, -0.1) is 5.10 Å².